The first-order valence-corrected chi connectivity index (χ1v) is 8.25. The second-order valence-electron chi connectivity index (χ2n) is 6.23. The van der Waals surface area contributed by atoms with Crippen molar-refractivity contribution in [1.29, 1.82) is 0 Å². The van der Waals surface area contributed by atoms with Crippen molar-refractivity contribution in [3.8, 4) is 0 Å². The fourth-order valence-corrected chi connectivity index (χ4v) is 2.95. The quantitative estimate of drug-likeness (QED) is 0.796. The van der Waals surface area contributed by atoms with Crippen LogP contribution in [0.3, 0.4) is 0 Å². The van der Waals surface area contributed by atoms with Crippen molar-refractivity contribution in [2.75, 3.05) is 27.4 Å². The number of methoxy groups -OCH3 is 1. The van der Waals surface area contributed by atoms with E-state index < -0.39 is 23.6 Å². The minimum atomic E-state index is -4.50. The molecule has 1 unspecified atom stereocenters. The first-order chi connectivity index (χ1) is 12.8. The van der Waals surface area contributed by atoms with Crippen molar-refractivity contribution in [2.45, 2.75) is 12.3 Å². The number of hydrogen-bond acceptors (Lipinski definition) is 5. The number of nitrogens with one attached hydrogen (secondary N) is 1. The number of Topliss-reactive ketones (excluding diaryl/α,β-unsaturated/α-hetero) is 1. The molecular weight excluding hydrogens is 361 g/mol. The molecule has 0 radical (unpaired) electrons. The average molecular weight is 380 g/mol. The molecule has 0 amide bonds. The molecule has 2 aliphatic rings. The van der Waals surface area contributed by atoms with Crippen molar-refractivity contribution in [1.82, 2.24) is 10.2 Å². The number of halogens is 3. The van der Waals surface area contributed by atoms with Crippen molar-refractivity contribution in [2.24, 2.45) is 0 Å². The van der Waals surface area contributed by atoms with Gasteiger partial charge >= 0.3 is 6.18 Å². The van der Waals surface area contributed by atoms with Gasteiger partial charge in [-0.25, -0.2) is 0 Å². The molecule has 2 heterocycles. The van der Waals surface area contributed by atoms with Gasteiger partial charge in [0.2, 0.25) is 11.7 Å². The number of nitrogens with zero attached hydrogens (tertiary/aromatic N) is 1. The molecule has 1 aromatic carbocycles. The van der Waals surface area contributed by atoms with E-state index in [0.29, 0.717) is 12.1 Å². The van der Waals surface area contributed by atoms with Crippen LogP contribution < -0.4 is 5.32 Å². The van der Waals surface area contributed by atoms with E-state index in [-0.39, 0.29) is 23.8 Å². The van der Waals surface area contributed by atoms with Crippen LogP contribution in [-0.4, -0.2) is 44.2 Å². The summed E-state index contributed by atoms with van der Waals surface area (Å²) in [5, 5.41) is 2.82. The maximum atomic E-state index is 13.1. The number of hydrogen-bond donors (Lipinski definition) is 1. The van der Waals surface area contributed by atoms with Gasteiger partial charge in [-0.05, 0) is 17.7 Å². The highest BCUT2D eigenvalue weighted by atomic mass is 19.4. The highest BCUT2D eigenvalue weighted by Gasteiger charge is 2.39. The molecule has 0 spiro atoms. The second kappa shape index (κ2) is 7.48. The molecule has 5 nitrogen and oxygen atoms in total. The van der Waals surface area contributed by atoms with Gasteiger partial charge in [0.15, 0.2) is 6.10 Å². The van der Waals surface area contributed by atoms with Crippen LogP contribution in [-0.2, 0) is 20.4 Å². The summed E-state index contributed by atoms with van der Waals surface area (Å²) in [6.07, 6.45) is 0.0248. The smallest absolute Gasteiger partial charge is 0.416 e. The summed E-state index contributed by atoms with van der Waals surface area (Å²) < 4.78 is 49.9. The van der Waals surface area contributed by atoms with Crippen LogP contribution in [0.4, 0.5) is 13.2 Å². The second-order valence-corrected chi connectivity index (χ2v) is 6.23. The summed E-state index contributed by atoms with van der Waals surface area (Å²) >= 11 is 0. The molecule has 0 fully saturated rings. The van der Waals surface area contributed by atoms with Crippen LogP contribution in [0.2, 0.25) is 0 Å². The van der Waals surface area contributed by atoms with E-state index in [9.17, 15) is 18.0 Å². The molecule has 27 heavy (non-hydrogen) atoms. The molecule has 0 saturated heterocycles. The number of likely N-dealkylation sites (N-methyl/N-ethyl adjacent to an activating group) is 1. The molecule has 0 aromatic heterocycles. The first-order valence-electron chi connectivity index (χ1n) is 8.25. The Balaban J connectivity index is 1.99. The van der Waals surface area contributed by atoms with E-state index in [2.05, 4.69) is 5.32 Å². The van der Waals surface area contributed by atoms with E-state index in [0.717, 1.165) is 12.1 Å². The van der Waals surface area contributed by atoms with Crippen molar-refractivity contribution in [3.05, 3.63) is 65.2 Å². The fourth-order valence-electron chi connectivity index (χ4n) is 2.95. The van der Waals surface area contributed by atoms with E-state index in [1.807, 2.05) is 18.0 Å². The lowest BCUT2D eigenvalue weighted by molar-refractivity contribution is -0.137. The Morgan fingerprint density at radius 3 is 2.81 bits per heavy atom. The van der Waals surface area contributed by atoms with Crippen LogP contribution in [0.1, 0.15) is 11.1 Å². The van der Waals surface area contributed by atoms with Gasteiger partial charge < -0.3 is 19.7 Å². The minimum Gasteiger partial charge on any atom is -0.462 e. The first kappa shape index (κ1) is 19.0. The molecule has 1 atom stereocenters. The fraction of sp³-hybridized carbons (Fsp3) is 0.316. The SMILES string of the molecule is COCNC1=C(c2cccc(C(F)(F)F)c2)C(=O)C(C2=CN(C)CC=C2)O1. The third kappa shape index (κ3) is 4.00. The topological polar surface area (TPSA) is 50.8 Å². The van der Waals surface area contributed by atoms with Gasteiger partial charge in [-0.3, -0.25) is 4.79 Å². The monoisotopic (exact) mass is 380 g/mol. The standard InChI is InChI=1S/C19H19F3N2O3/c1-24-8-4-6-13(10-24)17-16(25)15(18(27-17)23-11-26-2)12-5-3-7-14(9-12)19(20,21)22/h3-7,9-10,17,23H,8,11H2,1-2H3. The summed E-state index contributed by atoms with van der Waals surface area (Å²) in [6, 6.07) is 4.64. The summed E-state index contributed by atoms with van der Waals surface area (Å²) in [5.41, 5.74) is 0.0224. The van der Waals surface area contributed by atoms with Gasteiger partial charge in [0.05, 0.1) is 11.1 Å². The van der Waals surface area contributed by atoms with Crippen LogP contribution in [0.25, 0.3) is 5.57 Å². The molecule has 0 aliphatic carbocycles. The zero-order valence-electron chi connectivity index (χ0n) is 14.8. The van der Waals surface area contributed by atoms with Crippen molar-refractivity contribution >= 4 is 11.4 Å². The zero-order valence-corrected chi connectivity index (χ0v) is 14.8. The maximum absolute atomic E-state index is 13.1. The minimum absolute atomic E-state index is 0.0482. The Morgan fingerprint density at radius 2 is 2.15 bits per heavy atom. The van der Waals surface area contributed by atoms with Crippen LogP contribution in [0.5, 0.6) is 0 Å². The number of ketones is 1. The molecule has 1 aromatic rings. The van der Waals surface area contributed by atoms with Crippen LogP contribution in [0, 0.1) is 0 Å². The normalized spacial score (nSPS) is 20.0. The third-order valence-electron chi connectivity index (χ3n) is 4.18. The van der Waals surface area contributed by atoms with E-state index in [4.69, 9.17) is 9.47 Å². The largest absolute Gasteiger partial charge is 0.462 e. The molecule has 0 saturated carbocycles. The van der Waals surface area contributed by atoms with Crippen LogP contribution in [0.15, 0.2) is 54.1 Å². The molecule has 2 aliphatic heterocycles. The van der Waals surface area contributed by atoms with E-state index in [1.165, 1.54) is 19.2 Å². The van der Waals surface area contributed by atoms with Gasteiger partial charge in [-0.1, -0.05) is 24.3 Å². The summed E-state index contributed by atoms with van der Waals surface area (Å²) in [7, 11) is 3.31. The third-order valence-corrected chi connectivity index (χ3v) is 4.18. The predicted octanol–water partition coefficient (Wildman–Crippen LogP) is 2.92. The molecular formula is C19H19F3N2O3. The van der Waals surface area contributed by atoms with Gasteiger partial charge in [0, 0.05) is 32.5 Å². The van der Waals surface area contributed by atoms with Gasteiger partial charge in [-0.2, -0.15) is 13.2 Å². The Hall–Kier alpha value is -2.74. The molecule has 3 rings (SSSR count). The predicted molar refractivity (Wildman–Crippen MR) is 93.1 cm³/mol. The number of carbonyl (C=O) groups excluding carboxylic acids is 1. The lowest BCUT2D eigenvalue weighted by Gasteiger charge is -2.21. The van der Waals surface area contributed by atoms with Gasteiger partial charge in [0.1, 0.15) is 6.73 Å². The lowest BCUT2D eigenvalue weighted by Crippen LogP contribution is -2.25. The van der Waals surface area contributed by atoms with Gasteiger partial charge in [0.25, 0.3) is 0 Å². The average Bonchev–Trinajstić information content (AvgIpc) is 2.95. The number of alkyl halides is 3. The zero-order chi connectivity index (χ0) is 19.6. The van der Waals surface area contributed by atoms with Crippen molar-refractivity contribution < 1.29 is 27.4 Å². The van der Waals surface area contributed by atoms with Gasteiger partial charge in [-0.15, -0.1) is 0 Å². The molecule has 0 bridgehead atoms. The molecule has 144 valence electrons. The Kier molecular flexibility index (Phi) is 5.27. The number of rotatable bonds is 5. The van der Waals surface area contributed by atoms with Crippen molar-refractivity contribution in [3.63, 3.8) is 0 Å². The number of ether oxygens (including phenoxy) is 2. The van der Waals surface area contributed by atoms with E-state index in [1.54, 1.807) is 12.3 Å². The Morgan fingerprint density at radius 1 is 1.37 bits per heavy atom. The number of benzene rings is 1. The van der Waals surface area contributed by atoms with E-state index >= 15 is 0 Å². The lowest BCUT2D eigenvalue weighted by atomic mass is 9.95. The molecule has 1 N–H and O–H groups in total. The van der Waals surface area contributed by atoms with Crippen LogP contribution >= 0.6 is 0 Å². The Labute approximate surface area is 154 Å². The Bertz CT molecular complexity index is 828. The highest BCUT2D eigenvalue weighted by Crippen LogP contribution is 2.36. The summed E-state index contributed by atoms with van der Waals surface area (Å²) in [5.74, 6) is -0.298. The highest BCUT2D eigenvalue weighted by molar-refractivity contribution is 6.26. The number of carbonyl (C=O) groups is 1. The maximum Gasteiger partial charge on any atom is 0.416 e. The summed E-state index contributed by atoms with van der Waals surface area (Å²) in [6.45, 7) is 0.750. The molecule has 8 heteroatoms. The summed E-state index contributed by atoms with van der Waals surface area (Å²) in [4.78, 5) is 14.9.